The molecule has 1 atom stereocenters. The van der Waals surface area contributed by atoms with Crippen molar-refractivity contribution in [2.24, 2.45) is 0 Å². The molecule has 8 heteroatoms. The molecular weight excluding hydrogens is 400 g/mol. The summed E-state index contributed by atoms with van der Waals surface area (Å²) in [6.07, 6.45) is 3.35. The quantitative estimate of drug-likeness (QED) is 0.589. The molecule has 6 nitrogen and oxygen atoms in total. The molecule has 0 fully saturated rings. The lowest BCUT2D eigenvalue weighted by molar-refractivity contribution is -0.152. The summed E-state index contributed by atoms with van der Waals surface area (Å²) in [6, 6.07) is 8.17. The van der Waals surface area contributed by atoms with Gasteiger partial charge in [0.2, 0.25) is 0 Å². The van der Waals surface area contributed by atoms with Crippen molar-refractivity contribution in [1.82, 2.24) is 9.38 Å². The molecule has 2 heterocycles. The largest absolute Gasteiger partial charge is 0.479 e. The van der Waals surface area contributed by atoms with Crippen LogP contribution >= 0.6 is 22.9 Å². The molecule has 0 radical (unpaired) electrons. The Bertz CT molecular complexity index is 1070. The molecule has 3 aromatic rings. The van der Waals surface area contributed by atoms with Crippen LogP contribution < -0.4 is 10.3 Å². The second-order valence-corrected chi connectivity index (χ2v) is 8.20. The van der Waals surface area contributed by atoms with Crippen molar-refractivity contribution in [3.05, 3.63) is 62.0 Å². The lowest BCUT2D eigenvalue weighted by Gasteiger charge is -2.14. The minimum absolute atomic E-state index is 0.0680. The zero-order valence-electron chi connectivity index (χ0n) is 15.3. The van der Waals surface area contributed by atoms with Crippen LogP contribution in [0.4, 0.5) is 0 Å². The van der Waals surface area contributed by atoms with E-state index in [4.69, 9.17) is 21.1 Å². The fourth-order valence-electron chi connectivity index (χ4n) is 3.24. The van der Waals surface area contributed by atoms with Gasteiger partial charge in [0.15, 0.2) is 11.1 Å². The van der Waals surface area contributed by atoms with Gasteiger partial charge in [-0.15, -0.1) is 11.3 Å². The lowest BCUT2D eigenvalue weighted by atomic mass is 10.0. The maximum Gasteiger partial charge on any atom is 0.347 e. The van der Waals surface area contributed by atoms with Gasteiger partial charge in [-0.25, -0.2) is 9.78 Å². The zero-order chi connectivity index (χ0) is 19.7. The number of ether oxygens (including phenoxy) is 2. The molecule has 2 aromatic heterocycles. The van der Waals surface area contributed by atoms with Gasteiger partial charge in [0.1, 0.15) is 12.4 Å². The summed E-state index contributed by atoms with van der Waals surface area (Å²) in [5.74, 6) is -0.00164. The average Bonchev–Trinajstić information content (AvgIpc) is 3.06. The zero-order valence-corrected chi connectivity index (χ0v) is 16.9. The van der Waals surface area contributed by atoms with Crippen molar-refractivity contribution in [3.8, 4) is 5.75 Å². The number of fused-ring (bicyclic) bond motifs is 3. The van der Waals surface area contributed by atoms with Gasteiger partial charge < -0.3 is 9.47 Å². The van der Waals surface area contributed by atoms with Gasteiger partial charge >= 0.3 is 5.97 Å². The Morgan fingerprint density at radius 1 is 1.29 bits per heavy atom. The van der Waals surface area contributed by atoms with Crippen molar-refractivity contribution >= 4 is 33.9 Å². The summed E-state index contributed by atoms with van der Waals surface area (Å²) in [7, 11) is 0. The number of aryl methyl sites for hydroxylation is 2. The van der Waals surface area contributed by atoms with Crippen molar-refractivity contribution < 1.29 is 14.3 Å². The van der Waals surface area contributed by atoms with E-state index in [0.29, 0.717) is 21.4 Å². The van der Waals surface area contributed by atoms with Crippen LogP contribution in [0.5, 0.6) is 5.75 Å². The van der Waals surface area contributed by atoms with Gasteiger partial charge in [-0.3, -0.25) is 9.20 Å². The summed E-state index contributed by atoms with van der Waals surface area (Å²) >= 11 is 7.38. The molecule has 1 aromatic carbocycles. The fraction of sp³-hybridized carbons (Fsp3) is 0.350. The van der Waals surface area contributed by atoms with Gasteiger partial charge in [-0.2, -0.15) is 0 Å². The van der Waals surface area contributed by atoms with Crippen LogP contribution in [0, 0.1) is 0 Å². The van der Waals surface area contributed by atoms with Gasteiger partial charge in [0.05, 0.1) is 5.69 Å². The molecule has 0 N–H and O–H groups in total. The van der Waals surface area contributed by atoms with Crippen LogP contribution in [0.15, 0.2) is 35.1 Å². The van der Waals surface area contributed by atoms with Crippen molar-refractivity contribution in [2.75, 3.05) is 0 Å². The second kappa shape index (κ2) is 7.93. The number of carbonyl (C=O) groups excluding carboxylic acids is 1. The first-order valence-corrected chi connectivity index (χ1v) is 10.3. The number of hydrogen-bond acceptors (Lipinski definition) is 6. The number of nitrogens with zero attached hydrogens (tertiary/aromatic N) is 2. The Balaban J connectivity index is 1.44. The average molecular weight is 419 g/mol. The summed E-state index contributed by atoms with van der Waals surface area (Å²) in [4.78, 5) is 31.2. The van der Waals surface area contributed by atoms with E-state index in [1.165, 1.54) is 10.9 Å². The van der Waals surface area contributed by atoms with E-state index in [2.05, 4.69) is 4.98 Å². The predicted molar refractivity (Wildman–Crippen MR) is 107 cm³/mol. The predicted octanol–water partition coefficient (Wildman–Crippen LogP) is 3.80. The molecule has 0 amide bonds. The normalized spacial score (nSPS) is 14.5. The van der Waals surface area contributed by atoms with Gasteiger partial charge in [-0.1, -0.05) is 11.6 Å². The molecular formula is C20H19ClN2O4S. The fourth-order valence-corrected chi connectivity index (χ4v) is 4.60. The molecule has 1 aliphatic carbocycles. The maximum atomic E-state index is 12.5. The number of carbonyl (C=O) groups is 1. The Morgan fingerprint density at radius 2 is 2.04 bits per heavy atom. The third-order valence-electron chi connectivity index (χ3n) is 4.64. The smallest absolute Gasteiger partial charge is 0.347 e. The number of esters is 1. The third kappa shape index (κ3) is 3.91. The number of thiazole rings is 1. The van der Waals surface area contributed by atoms with E-state index in [1.54, 1.807) is 46.9 Å². The number of hydrogen-bond donors (Lipinski definition) is 0. The molecule has 28 heavy (non-hydrogen) atoms. The van der Waals surface area contributed by atoms with Crippen LogP contribution in [-0.4, -0.2) is 21.5 Å². The van der Waals surface area contributed by atoms with Gasteiger partial charge in [0.25, 0.3) is 5.56 Å². The Hall–Kier alpha value is -2.38. The molecule has 1 unspecified atom stereocenters. The highest BCUT2D eigenvalue weighted by Crippen LogP contribution is 2.28. The maximum absolute atomic E-state index is 12.5. The van der Waals surface area contributed by atoms with E-state index >= 15 is 0 Å². The Morgan fingerprint density at radius 3 is 2.82 bits per heavy atom. The lowest BCUT2D eigenvalue weighted by Crippen LogP contribution is -2.26. The van der Waals surface area contributed by atoms with E-state index in [1.807, 2.05) is 0 Å². The highest BCUT2D eigenvalue weighted by Gasteiger charge is 2.20. The van der Waals surface area contributed by atoms with Gasteiger partial charge in [-0.05, 0) is 56.9 Å². The minimum Gasteiger partial charge on any atom is -0.479 e. The summed E-state index contributed by atoms with van der Waals surface area (Å²) in [5.41, 5.74) is 1.40. The molecule has 0 saturated heterocycles. The highest BCUT2D eigenvalue weighted by molar-refractivity contribution is 7.17. The monoisotopic (exact) mass is 418 g/mol. The van der Waals surface area contributed by atoms with Crippen molar-refractivity contribution in [3.63, 3.8) is 0 Å². The topological polar surface area (TPSA) is 69.9 Å². The van der Waals surface area contributed by atoms with Gasteiger partial charge in [0, 0.05) is 21.7 Å². The molecule has 1 aliphatic rings. The van der Waals surface area contributed by atoms with Crippen LogP contribution in [0.3, 0.4) is 0 Å². The van der Waals surface area contributed by atoms with E-state index in [0.717, 1.165) is 31.4 Å². The summed E-state index contributed by atoms with van der Waals surface area (Å²) < 4.78 is 12.5. The molecule has 4 rings (SSSR count). The molecule has 0 aliphatic heterocycles. The van der Waals surface area contributed by atoms with Crippen LogP contribution in [0.2, 0.25) is 5.02 Å². The van der Waals surface area contributed by atoms with Crippen LogP contribution in [-0.2, 0) is 29.0 Å². The first-order chi connectivity index (χ1) is 13.5. The first kappa shape index (κ1) is 19.0. The number of rotatable bonds is 5. The van der Waals surface area contributed by atoms with E-state index in [9.17, 15) is 9.59 Å². The standard InChI is InChI=1S/C20H19ClN2O4S/c1-12(27-15-8-6-13(21)7-9-15)19(25)26-11-14-10-18(24)23-16-4-2-3-5-17(16)28-20(23)22-14/h6-10,12H,2-5,11H2,1H3. The van der Waals surface area contributed by atoms with E-state index in [-0.39, 0.29) is 12.2 Å². The molecule has 0 saturated carbocycles. The third-order valence-corrected chi connectivity index (χ3v) is 6.03. The SMILES string of the molecule is CC(Oc1ccc(Cl)cc1)C(=O)OCc1cc(=O)n2c3c(sc2n1)CCCC3. The van der Waals surface area contributed by atoms with Crippen LogP contribution in [0.1, 0.15) is 36.0 Å². The second-order valence-electron chi connectivity index (χ2n) is 6.70. The molecule has 0 spiro atoms. The van der Waals surface area contributed by atoms with E-state index < -0.39 is 12.1 Å². The number of halogens is 1. The number of benzene rings is 1. The summed E-state index contributed by atoms with van der Waals surface area (Å²) in [5, 5.41) is 0.589. The number of aromatic nitrogens is 2. The Labute approximate surface area is 170 Å². The molecule has 0 bridgehead atoms. The van der Waals surface area contributed by atoms with Crippen molar-refractivity contribution in [1.29, 1.82) is 0 Å². The Kier molecular flexibility index (Phi) is 5.37. The molecule has 146 valence electrons. The highest BCUT2D eigenvalue weighted by atomic mass is 35.5. The summed E-state index contributed by atoms with van der Waals surface area (Å²) in [6.45, 7) is 1.54. The van der Waals surface area contributed by atoms with Crippen LogP contribution in [0.25, 0.3) is 4.96 Å². The first-order valence-electron chi connectivity index (χ1n) is 9.13. The minimum atomic E-state index is -0.792. The van der Waals surface area contributed by atoms with Crippen molar-refractivity contribution in [2.45, 2.75) is 45.3 Å².